The van der Waals surface area contributed by atoms with Crippen LogP contribution in [-0.2, 0) is 16.6 Å². The summed E-state index contributed by atoms with van der Waals surface area (Å²) in [6.07, 6.45) is 3.99. The number of nitrogens with zero attached hydrogens (tertiary/aromatic N) is 3. The van der Waals surface area contributed by atoms with Gasteiger partial charge in [-0.2, -0.15) is 5.10 Å². The number of methoxy groups -OCH3 is 1. The van der Waals surface area contributed by atoms with Crippen molar-refractivity contribution < 1.29 is 22.1 Å². The summed E-state index contributed by atoms with van der Waals surface area (Å²) in [5.41, 5.74) is 2.07. The lowest BCUT2D eigenvalue weighted by atomic mass is 10.1. The van der Waals surface area contributed by atoms with Crippen molar-refractivity contribution in [2.45, 2.75) is 24.1 Å². The second-order valence-electron chi connectivity index (χ2n) is 7.49. The average molecular weight is 442 g/mol. The van der Waals surface area contributed by atoms with E-state index in [0.717, 1.165) is 11.1 Å². The summed E-state index contributed by atoms with van der Waals surface area (Å²) < 4.78 is 54.1. The molecule has 2 aromatic heterocycles. The Bertz CT molecular complexity index is 1330. The highest BCUT2D eigenvalue weighted by Crippen LogP contribution is 2.47. The zero-order valence-corrected chi connectivity index (χ0v) is 17.3. The van der Waals surface area contributed by atoms with Crippen LogP contribution in [0.1, 0.15) is 23.5 Å². The Labute approximate surface area is 177 Å². The van der Waals surface area contributed by atoms with Gasteiger partial charge in [-0.15, -0.1) is 0 Å². The molecule has 2 heterocycles. The Kier molecular flexibility index (Phi) is 4.66. The van der Waals surface area contributed by atoms with Crippen LogP contribution in [0.3, 0.4) is 0 Å². The normalized spacial score (nSPS) is 18.3. The Balaban J connectivity index is 1.40. The monoisotopic (exact) mass is 442 g/mol. The molecule has 0 spiro atoms. The summed E-state index contributed by atoms with van der Waals surface area (Å²) in [5, 5.41) is 7.95. The molecule has 1 aliphatic carbocycles. The van der Waals surface area contributed by atoms with E-state index in [9.17, 15) is 12.8 Å². The van der Waals surface area contributed by atoms with Crippen LogP contribution in [0, 0.1) is 5.82 Å². The maximum atomic E-state index is 13.1. The molecule has 0 unspecified atom stereocenters. The molecule has 2 atom stereocenters. The zero-order valence-electron chi connectivity index (χ0n) is 16.5. The molecule has 10 heteroatoms. The fourth-order valence-corrected chi connectivity index (χ4v) is 5.39. The summed E-state index contributed by atoms with van der Waals surface area (Å²) in [4.78, 5) is 0. The Hall–Kier alpha value is -3.40. The van der Waals surface area contributed by atoms with Gasteiger partial charge in [-0.3, -0.25) is 9.40 Å². The summed E-state index contributed by atoms with van der Waals surface area (Å²) in [5.74, 6) is 0.000544. The molecule has 1 N–H and O–H groups in total. The second-order valence-corrected chi connectivity index (χ2v) is 9.38. The second kappa shape index (κ2) is 7.38. The number of halogens is 1. The van der Waals surface area contributed by atoms with Crippen molar-refractivity contribution in [2.75, 3.05) is 11.8 Å². The van der Waals surface area contributed by atoms with Crippen LogP contribution in [0.15, 0.2) is 59.4 Å². The SMILES string of the molecule is COc1cc(Cn2cccn2)cc2onc(NS(=O)(=O)[C@H]3C[C@@H]3c3ccc(F)cc3)c12. The summed E-state index contributed by atoms with van der Waals surface area (Å²) in [6.45, 7) is 0.502. The number of anilines is 1. The van der Waals surface area contributed by atoms with Crippen molar-refractivity contribution in [3.8, 4) is 5.75 Å². The first kappa shape index (κ1) is 19.6. The average Bonchev–Trinajstić information content (AvgIpc) is 3.24. The molecule has 4 aromatic rings. The van der Waals surface area contributed by atoms with Gasteiger partial charge in [-0.25, -0.2) is 12.8 Å². The minimum Gasteiger partial charge on any atom is -0.496 e. The van der Waals surface area contributed by atoms with Gasteiger partial charge < -0.3 is 9.26 Å². The topological polar surface area (TPSA) is 99.2 Å². The number of sulfonamides is 1. The van der Waals surface area contributed by atoms with Gasteiger partial charge in [0.2, 0.25) is 10.0 Å². The van der Waals surface area contributed by atoms with E-state index in [4.69, 9.17) is 9.26 Å². The van der Waals surface area contributed by atoms with Gasteiger partial charge in [0.1, 0.15) is 17.0 Å². The lowest BCUT2D eigenvalue weighted by Gasteiger charge is -2.09. The predicted molar refractivity (Wildman–Crippen MR) is 112 cm³/mol. The van der Waals surface area contributed by atoms with E-state index < -0.39 is 15.3 Å². The number of rotatable bonds is 7. The molecule has 0 radical (unpaired) electrons. The van der Waals surface area contributed by atoms with E-state index in [1.54, 1.807) is 35.1 Å². The van der Waals surface area contributed by atoms with Crippen LogP contribution in [0.5, 0.6) is 5.75 Å². The third kappa shape index (κ3) is 3.74. The maximum absolute atomic E-state index is 13.1. The van der Waals surface area contributed by atoms with Gasteiger partial charge in [0, 0.05) is 18.3 Å². The largest absolute Gasteiger partial charge is 0.496 e. The highest BCUT2D eigenvalue weighted by Gasteiger charge is 2.48. The fourth-order valence-electron chi connectivity index (χ4n) is 3.78. The molecule has 8 nitrogen and oxygen atoms in total. The number of nitrogens with one attached hydrogen (secondary N) is 1. The smallest absolute Gasteiger partial charge is 0.237 e. The van der Waals surface area contributed by atoms with E-state index in [1.807, 2.05) is 12.3 Å². The van der Waals surface area contributed by atoms with Gasteiger partial charge in [-0.05, 0) is 47.9 Å². The molecule has 2 aromatic carbocycles. The summed E-state index contributed by atoms with van der Waals surface area (Å²) in [7, 11) is -2.22. The van der Waals surface area contributed by atoms with Crippen molar-refractivity contribution in [1.29, 1.82) is 0 Å². The van der Waals surface area contributed by atoms with Crippen LogP contribution >= 0.6 is 0 Å². The lowest BCUT2D eigenvalue weighted by Crippen LogP contribution is -2.19. The number of aromatic nitrogens is 3. The first-order valence-electron chi connectivity index (χ1n) is 9.65. The van der Waals surface area contributed by atoms with Crippen molar-refractivity contribution in [3.63, 3.8) is 0 Å². The molecular formula is C21H19FN4O4S. The predicted octanol–water partition coefficient (Wildman–Crippen LogP) is 3.52. The third-order valence-electron chi connectivity index (χ3n) is 5.39. The highest BCUT2D eigenvalue weighted by molar-refractivity contribution is 7.93. The molecular weight excluding hydrogens is 423 g/mol. The van der Waals surface area contributed by atoms with E-state index >= 15 is 0 Å². The first-order valence-corrected chi connectivity index (χ1v) is 11.2. The van der Waals surface area contributed by atoms with E-state index in [-0.39, 0.29) is 17.6 Å². The van der Waals surface area contributed by atoms with E-state index in [0.29, 0.717) is 29.7 Å². The molecule has 1 saturated carbocycles. The Morgan fingerprint density at radius 1 is 1.29 bits per heavy atom. The highest BCUT2D eigenvalue weighted by atomic mass is 32.2. The van der Waals surface area contributed by atoms with Crippen molar-refractivity contribution in [2.24, 2.45) is 0 Å². The van der Waals surface area contributed by atoms with Crippen LogP contribution in [0.2, 0.25) is 0 Å². The van der Waals surface area contributed by atoms with Crippen LogP contribution in [-0.4, -0.2) is 35.7 Å². The van der Waals surface area contributed by atoms with Crippen LogP contribution in [0.4, 0.5) is 10.2 Å². The molecule has 0 bridgehead atoms. The molecule has 0 saturated heterocycles. The minimum absolute atomic E-state index is 0.0854. The fraction of sp³-hybridized carbons (Fsp3) is 0.238. The van der Waals surface area contributed by atoms with E-state index in [1.165, 1.54) is 19.2 Å². The Morgan fingerprint density at radius 2 is 2.10 bits per heavy atom. The van der Waals surface area contributed by atoms with Crippen LogP contribution < -0.4 is 9.46 Å². The molecule has 0 amide bonds. The lowest BCUT2D eigenvalue weighted by molar-refractivity contribution is 0.418. The molecule has 0 aliphatic heterocycles. The van der Waals surface area contributed by atoms with Gasteiger partial charge in [0.05, 0.1) is 18.9 Å². The molecule has 1 aliphatic rings. The zero-order chi connectivity index (χ0) is 21.6. The minimum atomic E-state index is -3.72. The van der Waals surface area contributed by atoms with Gasteiger partial charge >= 0.3 is 0 Å². The standard InChI is InChI=1S/C21H19FN4O4S/c1-29-17-9-13(12-26-8-2-7-23-26)10-18-20(17)21(24-30-18)25-31(27,28)19-11-16(19)14-3-5-15(22)6-4-14/h2-10,16,19H,11-12H2,1H3,(H,24,25)/t16-,19+/m1/s1. The number of hydrogen-bond acceptors (Lipinski definition) is 6. The quantitative estimate of drug-likeness (QED) is 0.470. The molecule has 160 valence electrons. The number of hydrogen-bond donors (Lipinski definition) is 1. The third-order valence-corrected chi connectivity index (χ3v) is 7.19. The first-order chi connectivity index (χ1) is 14.9. The van der Waals surface area contributed by atoms with Crippen LogP contribution in [0.25, 0.3) is 11.0 Å². The van der Waals surface area contributed by atoms with Gasteiger partial charge in [0.25, 0.3) is 0 Å². The maximum Gasteiger partial charge on any atom is 0.237 e. The summed E-state index contributed by atoms with van der Waals surface area (Å²) in [6, 6.07) is 11.3. The summed E-state index contributed by atoms with van der Waals surface area (Å²) >= 11 is 0. The van der Waals surface area contributed by atoms with Gasteiger partial charge in [-0.1, -0.05) is 17.3 Å². The number of ether oxygens (including phenoxy) is 1. The van der Waals surface area contributed by atoms with Crippen molar-refractivity contribution >= 4 is 26.8 Å². The number of benzene rings is 2. The van der Waals surface area contributed by atoms with E-state index in [2.05, 4.69) is 15.0 Å². The molecule has 31 heavy (non-hydrogen) atoms. The molecule has 1 fully saturated rings. The van der Waals surface area contributed by atoms with Gasteiger partial charge in [0.15, 0.2) is 11.4 Å². The van der Waals surface area contributed by atoms with Crippen molar-refractivity contribution in [1.82, 2.24) is 14.9 Å². The Morgan fingerprint density at radius 3 is 2.81 bits per heavy atom. The number of fused-ring (bicyclic) bond motifs is 1. The molecule has 5 rings (SSSR count). The van der Waals surface area contributed by atoms with Crippen molar-refractivity contribution in [3.05, 3.63) is 71.8 Å².